The Morgan fingerprint density at radius 3 is 2.52 bits per heavy atom. The topological polar surface area (TPSA) is 70.7 Å². The van der Waals surface area contributed by atoms with Gasteiger partial charge in [-0.1, -0.05) is 44.2 Å². The second kappa shape index (κ2) is 8.12. The third-order valence-electron chi connectivity index (χ3n) is 4.73. The standard InChI is InChI=1S/C21H25N3O3/c1-14(2)19(20(25)24-13-12-15-8-4-6-10-17(15)24)23-21(26)22-16-9-5-7-11-18(16)27-3/h4-11,14,19H,12-13H2,1-3H3,(H2,22,23,26)/t19-/m0/s1. The highest BCUT2D eigenvalue weighted by Crippen LogP contribution is 2.29. The molecule has 2 aromatic rings. The predicted octanol–water partition coefficient (Wildman–Crippen LogP) is 3.43. The van der Waals surface area contributed by atoms with Crippen molar-refractivity contribution in [3.63, 3.8) is 0 Å². The molecule has 0 saturated carbocycles. The molecule has 0 fully saturated rings. The van der Waals surface area contributed by atoms with Crippen LogP contribution >= 0.6 is 0 Å². The van der Waals surface area contributed by atoms with Gasteiger partial charge in [-0.05, 0) is 36.1 Å². The number of methoxy groups -OCH3 is 1. The summed E-state index contributed by atoms with van der Waals surface area (Å²) in [7, 11) is 1.55. The molecule has 27 heavy (non-hydrogen) atoms. The first-order chi connectivity index (χ1) is 13.0. The lowest BCUT2D eigenvalue weighted by atomic mass is 10.0. The summed E-state index contributed by atoms with van der Waals surface area (Å²) in [6.45, 7) is 4.49. The van der Waals surface area contributed by atoms with Crippen LogP contribution < -0.4 is 20.3 Å². The lowest BCUT2D eigenvalue weighted by Crippen LogP contribution is -2.52. The first-order valence-electron chi connectivity index (χ1n) is 9.11. The van der Waals surface area contributed by atoms with Gasteiger partial charge >= 0.3 is 6.03 Å². The van der Waals surface area contributed by atoms with E-state index in [1.807, 2.05) is 50.2 Å². The molecule has 3 rings (SSSR count). The SMILES string of the molecule is COc1ccccc1NC(=O)N[C@H](C(=O)N1CCc2ccccc21)C(C)C. The summed E-state index contributed by atoms with van der Waals surface area (Å²) in [5.74, 6) is 0.423. The van der Waals surface area contributed by atoms with Gasteiger partial charge in [0.05, 0.1) is 12.8 Å². The Morgan fingerprint density at radius 2 is 1.78 bits per heavy atom. The van der Waals surface area contributed by atoms with Crippen molar-refractivity contribution in [3.05, 3.63) is 54.1 Å². The number of ether oxygens (including phenoxy) is 1. The number of rotatable bonds is 5. The van der Waals surface area contributed by atoms with Crippen LogP contribution in [0, 0.1) is 5.92 Å². The number of urea groups is 1. The molecule has 0 bridgehead atoms. The van der Waals surface area contributed by atoms with Gasteiger partial charge in [0.25, 0.3) is 0 Å². The van der Waals surface area contributed by atoms with Crippen molar-refractivity contribution in [2.45, 2.75) is 26.3 Å². The lowest BCUT2D eigenvalue weighted by Gasteiger charge is -2.27. The lowest BCUT2D eigenvalue weighted by molar-refractivity contribution is -0.121. The average molecular weight is 367 g/mol. The number of nitrogens with one attached hydrogen (secondary N) is 2. The highest BCUT2D eigenvalue weighted by atomic mass is 16.5. The smallest absolute Gasteiger partial charge is 0.320 e. The highest BCUT2D eigenvalue weighted by Gasteiger charge is 2.32. The van der Waals surface area contributed by atoms with Crippen LogP contribution in [0.25, 0.3) is 0 Å². The maximum atomic E-state index is 13.1. The third kappa shape index (κ3) is 4.05. The summed E-state index contributed by atoms with van der Waals surface area (Å²) in [4.78, 5) is 27.4. The first kappa shape index (κ1) is 18.8. The minimum absolute atomic E-state index is 0.0475. The van der Waals surface area contributed by atoms with E-state index in [1.54, 1.807) is 24.1 Å². The van der Waals surface area contributed by atoms with E-state index >= 15 is 0 Å². The molecule has 142 valence electrons. The molecular weight excluding hydrogens is 342 g/mol. The highest BCUT2D eigenvalue weighted by molar-refractivity contribution is 6.02. The molecule has 6 nitrogen and oxygen atoms in total. The number of amides is 3. The molecule has 1 aliphatic heterocycles. The minimum Gasteiger partial charge on any atom is -0.495 e. The zero-order chi connectivity index (χ0) is 19.4. The number of hydrogen-bond acceptors (Lipinski definition) is 3. The second-order valence-corrected chi connectivity index (χ2v) is 6.89. The molecular formula is C21H25N3O3. The zero-order valence-electron chi connectivity index (χ0n) is 15.9. The molecule has 6 heteroatoms. The minimum atomic E-state index is -0.620. The second-order valence-electron chi connectivity index (χ2n) is 6.89. The molecule has 2 aromatic carbocycles. The Kier molecular flexibility index (Phi) is 5.64. The van der Waals surface area contributed by atoms with Gasteiger partial charge in [0.15, 0.2) is 0 Å². The maximum Gasteiger partial charge on any atom is 0.320 e. The Hall–Kier alpha value is -3.02. The fourth-order valence-corrected chi connectivity index (χ4v) is 3.30. The van der Waals surface area contributed by atoms with Crippen molar-refractivity contribution >= 4 is 23.3 Å². The number of fused-ring (bicyclic) bond motifs is 1. The van der Waals surface area contributed by atoms with Crippen molar-refractivity contribution in [1.29, 1.82) is 0 Å². The van der Waals surface area contributed by atoms with E-state index in [-0.39, 0.29) is 11.8 Å². The summed E-state index contributed by atoms with van der Waals surface area (Å²) in [6, 6.07) is 14.0. The van der Waals surface area contributed by atoms with Crippen LogP contribution in [-0.4, -0.2) is 31.6 Å². The van der Waals surface area contributed by atoms with Crippen molar-refractivity contribution in [1.82, 2.24) is 5.32 Å². The number of carbonyl (C=O) groups excluding carboxylic acids is 2. The van der Waals surface area contributed by atoms with E-state index in [4.69, 9.17) is 4.74 Å². The van der Waals surface area contributed by atoms with Crippen molar-refractivity contribution in [2.24, 2.45) is 5.92 Å². The average Bonchev–Trinajstić information content (AvgIpc) is 3.10. The summed E-state index contributed by atoms with van der Waals surface area (Å²) in [6.07, 6.45) is 0.833. The Bertz CT molecular complexity index is 835. The zero-order valence-corrected chi connectivity index (χ0v) is 15.9. The van der Waals surface area contributed by atoms with Crippen molar-refractivity contribution < 1.29 is 14.3 Å². The molecule has 0 saturated heterocycles. The number of para-hydroxylation sites is 3. The number of benzene rings is 2. The van der Waals surface area contributed by atoms with Crippen LogP contribution in [0.2, 0.25) is 0 Å². The van der Waals surface area contributed by atoms with Gasteiger partial charge in [0.1, 0.15) is 11.8 Å². The summed E-state index contributed by atoms with van der Waals surface area (Å²) < 4.78 is 5.25. The van der Waals surface area contributed by atoms with E-state index < -0.39 is 12.1 Å². The Morgan fingerprint density at radius 1 is 1.07 bits per heavy atom. The quantitative estimate of drug-likeness (QED) is 0.851. The van der Waals surface area contributed by atoms with Gasteiger partial charge in [-0.2, -0.15) is 0 Å². The molecule has 0 aromatic heterocycles. The molecule has 0 unspecified atom stereocenters. The van der Waals surface area contributed by atoms with E-state index in [0.29, 0.717) is 18.0 Å². The van der Waals surface area contributed by atoms with Gasteiger partial charge < -0.3 is 20.3 Å². The molecule has 1 aliphatic rings. The van der Waals surface area contributed by atoms with Gasteiger partial charge in [-0.3, -0.25) is 4.79 Å². The van der Waals surface area contributed by atoms with Gasteiger partial charge in [0, 0.05) is 12.2 Å². The number of carbonyl (C=O) groups is 2. The molecule has 2 N–H and O–H groups in total. The van der Waals surface area contributed by atoms with Gasteiger partial charge in [0.2, 0.25) is 5.91 Å². The van der Waals surface area contributed by atoms with E-state index in [1.165, 1.54) is 0 Å². The van der Waals surface area contributed by atoms with Crippen molar-refractivity contribution in [2.75, 3.05) is 23.9 Å². The van der Waals surface area contributed by atoms with E-state index in [0.717, 1.165) is 17.7 Å². The van der Waals surface area contributed by atoms with Crippen LogP contribution in [0.15, 0.2) is 48.5 Å². The Labute approximate surface area is 159 Å². The number of hydrogen-bond donors (Lipinski definition) is 2. The van der Waals surface area contributed by atoms with Crippen LogP contribution in [0.1, 0.15) is 19.4 Å². The summed E-state index contributed by atoms with van der Waals surface area (Å²) >= 11 is 0. The molecule has 0 radical (unpaired) electrons. The number of nitrogens with zero attached hydrogens (tertiary/aromatic N) is 1. The molecule has 1 atom stereocenters. The van der Waals surface area contributed by atoms with Crippen LogP contribution in [0.5, 0.6) is 5.75 Å². The van der Waals surface area contributed by atoms with Gasteiger partial charge in [-0.25, -0.2) is 4.79 Å². The largest absolute Gasteiger partial charge is 0.495 e. The van der Waals surface area contributed by atoms with Crippen LogP contribution in [0.3, 0.4) is 0 Å². The normalized spacial score (nSPS) is 13.9. The van der Waals surface area contributed by atoms with Crippen LogP contribution in [0.4, 0.5) is 16.2 Å². The fourth-order valence-electron chi connectivity index (χ4n) is 3.30. The Balaban J connectivity index is 1.72. The summed E-state index contributed by atoms with van der Waals surface area (Å²) in [5, 5.41) is 5.59. The third-order valence-corrected chi connectivity index (χ3v) is 4.73. The summed E-state index contributed by atoms with van der Waals surface area (Å²) in [5.41, 5.74) is 2.64. The first-order valence-corrected chi connectivity index (χ1v) is 9.11. The van der Waals surface area contributed by atoms with E-state index in [2.05, 4.69) is 10.6 Å². The molecule has 0 spiro atoms. The maximum absolute atomic E-state index is 13.1. The monoisotopic (exact) mass is 367 g/mol. The number of anilines is 2. The van der Waals surface area contributed by atoms with Crippen molar-refractivity contribution in [3.8, 4) is 5.75 Å². The molecule has 0 aliphatic carbocycles. The predicted molar refractivity (Wildman–Crippen MR) is 106 cm³/mol. The van der Waals surface area contributed by atoms with E-state index in [9.17, 15) is 9.59 Å². The molecule has 1 heterocycles. The fraction of sp³-hybridized carbons (Fsp3) is 0.333. The van der Waals surface area contributed by atoms with Crippen LogP contribution in [-0.2, 0) is 11.2 Å². The van der Waals surface area contributed by atoms with Gasteiger partial charge in [-0.15, -0.1) is 0 Å². The molecule has 3 amide bonds.